The number of allylic oxidation sites excluding steroid dienone is 1. The summed E-state index contributed by atoms with van der Waals surface area (Å²) in [5.74, 6) is 1.86. The smallest absolute Gasteiger partial charge is 0.163 e. The van der Waals surface area contributed by atoms with Crippen LogP contribution in [0.15, 0.2) is 84.1 Å². The van der Waals surface area contributed by atoms with Crippen molar-refractivity contribution in [3.63, 3.8) is 0 Å². The van der Waals surface area contributed by atoms with Gasteiger partial charge in [-0.2, -0.15) is 0 Å². The van der Waals surface area contributed by atoms with E-state index in [9.17, 15) is 4.79 Å². The number of carbonyl (C=O) groups is 1. The second-order valence-electron chi connectivity index (χ2n) is 9.32. The van der Waals surface area contributed by atoms with Crippen LogP contribution < -0.4 is 20.1 Å². The van der Waals surface area contributed by atoms with Crippen LogP contribution in [0.2, 0.25) is 0 Å². The third-order valence-corrected chi connectivity index (χ3v) is 7.01. The topological polar surface area (TPSA) is 59.6 Å². The van der Waals surface area contributed by atoms with E-state index in [1.807, 2.05) is 48.5 Å². The molecule has 1 aliphatic heterocycles. The van der Waals surface area contributed by atoms with Crippen molar-refractivity contribution >= 4 is 17.2 Å². The van der Waals surface area contributed by atoms with Crippen molar-refractivity contribution in [1.82, 2.24) is 0 Å². The molecule has 0 saturated carbocycles. The molecule has 1 aliphatic carbocycles. The molecule has 0 radical (unpaired) electrons. The highest BCUT2D eigenvalue weighted by atomic mass is 16.5. The fourth-order valence-electron chi connectivity index (χ4n) is 4.98. The van der Waals surface area contributed by atoms with E-state index in [4.69, 9.17) is 9.47 Å². The number of anilines is 2. The number of methoxy groups -OCH3 is 1. The Hall–Kier alpha value is -3.73. The maximum atomic E-state index is 13.8. The zero-order valence-electron chi connectivity index (χ0n) is 20.5. The molecule has 0 fully saturated rings. The monoisotopic (exact) mass is 468 g/mol. The first-order valence-electron chi connectivity index (χ1n) is 12.4. The summed E-state index contributed by atoms with van der Waals surface area (Å²) in [4.78, 5) is 13.8. The molecule has 3 atom stereocenters. The fourth-order valence-corrected chi connectivity index (χ4v) is 4.98. The molecular weight excluding hydrogens is 436 g/mol. The molecule has 180 valence electrons. The van der Waals surface area contributed by atoms with Crippen LogP contribution in [-0.2, 0) is 4.79 Å². The van der Waals surface area contributed by atoms with Crippen molar-refractivity contribution in [2.45, 2.75) is 51.2 Å². The van der Waals surface area contributed by atoms with Gasteiger partial charge < -0.3 is 20.1 Å². The molecule has 5 heteroatoms. The number of hydrogen-bond acceptors (Lipinski definition) is 5. The van der Waals surface area contributed by atoms with E-state index in [0.717, 1.165) is 58.1 Å². The Morgan fingerprint density at radius 3 is 2.54 bits per heavy atom. The number of carbonyl (C=O) groups excluding carboxylic acids is 1. The number of rotatable bonds is 6. The Kier molecular flexibility index (Phi) is 6.49. The second kappa shape index (κ2) is 9.87. The average Bonchev–Trinajstić information content (AvgIpc) is 3.06. The molecule has 0 bridgehead atoms. The van der Waals surface area contributed by atoms with Crippen LogP contribution in [0.25, 0.3) is 0 Å². The summed E-state index contributed by atoms with van der Waals surface area (Å²) in [6, 6.07) is 23.9. The van der Waals surface area contributed by atoms with Gasteiger partial charge in [-0.25, -0.2) is 0 Å². The highest BCUT2D eigenvalue weighted by Crippen LogP contribution is 2.46. The minimum Gasteiger partial charge on any atom is -0.497 e. The number of ether oxygens (including phenoxy) is 2. The number of hydrogen-bond donors (Lipinski definition) is 2. The molecule has 3 aromatic carbocycles. The van der Waals surface area contributed by atoms with Crippen LogP contribution in [-0.4, -0.2) is 19.0 Å². The number of Topliss-reactive ketones (excluding diaryl/α,β-unsaturated/α-hetero) is 1. The molecule has 0 spiro atoms. The van der Waals surface area contributed by atoms with E-state index in [1.165, 1.54) is 0 Å². The summed E-state index contributed by atoms with van der Waals surface area (Å²) in [6.45, 7) is 4.19. The standard InChI is InChI=1S/C30H32N2O3/c1-4-19(2)35-28-15-8-5-12-23(28)30-29-26(31-24-13-6-7-14-25(24)32-30)17-21(18-27(29)33)20-10-9-11-22(16-20)34-3/h5-16,19,21,30-32H,4,17-18H2,1-3H3. The molecule has 3 unspecified atom stereocenters. The maximum Gasteiger partial charge on any atom is 0.163 e. The molecule has 0 amide bonds. The zero-order chi connectivity index (χ0) is 24.4. The lowest BCUT2D eigenvalue weighted by atomic mass is 9.78. The summed E-state index contributed by atoms with van der Waals surface area (Å²) in [5, 5.41) is 7.28. The quantitative estimate of drug-likeness (QED) is 0.414. The molecule has 2 aliphatic rings. The number of para-hydroxylation sites is 3. The molecule has 0 aromatic heterocycles. The summed E-state index contributed by atoms with van der Waals surface area (Å²) >= 11 is 0. The lowest BCUT2D eigenvalue weighted by molar-refractivity contribution is -0.116. The highest BCUT2D eigenvalue weighted by molar-refractivity contribution is 6.01. The summed E-state index contributed by atoms with van der Waals surface area (Å²) in [7, 11) is 1.67. The van der Waals surface area contributed by atoms with Gasteiger partial charge in [-0.3, -0.25) is 4.79 Å². The SMILES string of the molecule is CCC(C)Oc1ccccc1C1Nc2ccccc2NC2=C1C(=O)CC(c1cccc(OC)c1)C2. The fraction of sp³-hybridized carbons (Fsp3) is 0.300. The molecule has 35 heavy (non-hydrogen) atoms. The number of nitrogens with one attached hydrogen (secondary N) is 2. The minimum atomic E-state index is -0.305. The molecular formula is C30H32N2O3. The van der Waals surface area contributed by atoms with Crippen molar-refractivity contribution in [1.29, 1.82) is 0 Å². The third kappa shape index (κ3) is 4.63. The Bertz CT molecular complexity index is 1270. The summed E-state index contributed by atoms with van der Waals surface area (Å²) in [6.07, 6.45) is 2.19. The lowest BCUT2D eigenvalue weighted by Crippen LogP contribution is -2.27. The van der Waals surface area contributed by atoms with Gasteiger partial charge in [0.15, 0.2) is 5.78 Å². The van der Waals surface area contributed by atoms with Crippen LogP contribution in [0.4, 0.5) is 11.4 Å². The van der Waals surface area contributed by atoms with Crippen LogP contribution >= 0.6 is 0 Å². The molecule has 5 rings (SSSR count). The Balaban J connectivity index is 1.60. The van der Waals surface area contributed by atoms with E-state index in [0.29, 0.717) is 6.42 Å². The first kappa shape index (κ1) is 23.0. The largest absolute Gasteiger partial charge is 0.497 e. The van der Waals surface area contributed by atoms with Gasteiger partial charge in [0, 0.05) is 23.3 Å². The van der Waals surface area contributed by atoms with E-state index >= 15 is 0 Å². The third-order valence-electron chi connectivity index (χ3n) is 7.01. The Morgan fingerprint density at radius 2 is 1.74 bits per heavy atom. The normalized spacial score (nSPS) is 20.0. The molecule has 0 saturated heterocycles. The molecule has 1 heterocycles. The van der Waals surface area contributed by atoms with Crippen molar-refractivity contribution < 1.29 is 14.3 Å². The predicted octanol–water partition coefficient (Wildman–Crippen LogP) is 6.85. The van der Waals surface area contributed by atoms with Gasteiger partial charge in [0.25, 0.3) is 0 Å². The second-order valence-corrected chi connectivity index (χ2v) is 9.32. The van der Waals surface area contributed by atoms with E-state index in [2.05, 4.69) is 48.7 Å². The van der Waals surface area contributed by atoms with Gasteiger partial charge in [0.2, 0.25) is 0 Å². The Morgan fingerprint density at radius 1 is 0.971 bits per heavy atom. The van der Waals surface area contributed by atoms with Gasteiger partial charge in [0.1, 0.15) is 11.5 Å². The maximum absolute atomic E-state index is 13.8. The van der Waals surface area contributed by atoms with Crippen molar-refractivity contribution in [2.75, 3.05) is 17.7 Å². The summed E-state index contributed by atoms with van der Waals surface area (Å²) in [5.41, 5.74) is 5.80. The van der Waals surface area contributed by atoms with E-state index < -0.39 is 0 Å². The van der Waals surface area contributed by atoms with Crippen molar-refractivity contribution in [3.05, 3.63) is 95.2 Å². The van der Waals surface area contributed by atoms with Crippen LogP contribution in [0.5, 0.6) is 11.5 Å². The van der Waals surface area contributed by atoms with Crippen LogP contribution in [0.1, 0.15) is 56.2 Å². The van der Waals surface area contributed by atoms with Crippen LogP contribution in [0.3, 0.4) is 0 Å². The van der Waals surface area contributed by atoms with Gasteiger partial charge >= 0.3 is 0 Å². The van der Waals surface area contributed by atoms with Crippen molar-refractivity contribution in [2.24, 2.45) is 0 Å². The first-order valence-corrected chi connectivity index (χ1v) is 12.4. The zero-order valence-corrected chi connectivity index (χ0v) is 20.5. The number of benzene rings is 3. The number of ketones is 1. The van der Waals surface area contributed by atoms with Gasteiger partial charge in [-0.15, -0.1) is 0 Å². The van der Waals surface area contributed by atoms with Gasteiger partial charge in [-0.1, -0.05) is 49.4 Å². The van der Waals surface area contributed by atoms with Crippen molar-refractivity contribution in [3.8, 4) is 11.5 Å². The summed E-state index contributed by atoms with van der Waals surface area (Å²) < 4.78 is 11.7. The number of fused-ring (bicyclic) bond motifs is 1. The van der Waals surface area contributed by atoms with Gasteiger partial charge in [0.05, 0.1) is 30.6 Å². The molecule has 3 aromatic rings. The predicted molar refractivity (Wildman–Crippen MR) is 140 cm³/mol. The van der Waals surface area contributed by atoms with Gasteiger partial charge in [-0.05, 0) is 61.6 Å². The molecule has 2 N–H and O–H groups in total. The highest BCUT2D eigenvalue weighted by Gasteiger charge is 2.37. The van der Waals surface area contributed by atoms with E-state index in [1.54, 1.807) is 7.11 Å². The lowest BCUT2D eigenvalue weighted by Gasteiger charge is -2.31. The Labute approximate surface area is 207 Å². The minimum absolute atomic E-state index is 0.0836. The molecule has 5 nitrogen and oxygen atoms in total. The average molecular weight is 469 g/mol. The van der Waals surface area contributed by atoms with E-state index in [-0.39, 0.29) is 23.8 Å². The first-order chi connectivity index (χ1) is 17.1. The van der Waals surface area contributed by atoms with Crippen LogP contribution in [0, 0.1) is 0 Å².